The van der Waals surface area contributed by atoms with Crippen molar-refractivity contribution >= 4 is 23.4 Å². The minimum atomic E-state index is -0.172. The van der Waals surface area contributed by atoms with Crippen LogP contribution >= 0.6 is 0 Å². The summed E-state index contributed by atoms with van der Waals surface area (Å²) in [7, 11) is 1.49. The normalized spacial score (nSPS) is 15.6. The molecule has 0 aliphatic carbocycles. The molecule has 25 heavy (non-hydrogen) atoms. The number of hydrogen-bond acceptors (Lipinski definition) is 4. The van der Waals surface area contributed by atoms with Crippen LogP contribution in [-0.4, -0.2) is 23.8 Å². The minimum absolute atomic E-state index is 0.0606. The average Bonchev–Trinajstić information content (AvgIpc) is 2.91. The molecule has 1 N–H and O–H groups in total. The van der Waals surface area contributed by atoms with Crippen molar-refractivity contribution in [2.45, 2.75) is 20.3 Å². The first-order valence-electron chi connectivity index (χ1n) is 8.11. The lowest BCUT2D eigenvalue weighted by molar-refractivity contribution is -0.114. The zero-order chi connectivity index (χ0) is 18.0. The average molecular weight is 336 g/mol. The maximum absolute atomic E-state index is 12.8. The minimum Gasteiger partial charge on any atom is -0.504 e. The van der Waals surface area contributed by atoms with Crippen molar-refractivity contribution in [2.75, 3.05) is 12.1 Å². The Bertz CT molecular complexity index is 867. The molecule has 0 atom stereocenters. The number of hydrogen-bond donors (Lipinski definition) is 1. The van der Waals surface area contributed by atoms with Crippen LogP contribution in [0.2, 0.25) is 0 Å². The molecular formula is C20H20N2O3. The number of benzene rings is 2. The fraction of sp³-hybridized carbons (Fsp3) is 0.200. The fourth-order valence-corrected chi connectivity index (χ4v) is 2.68. The first kappa shape index (κ1) is 16.8. The van der Waals surface area contributed by atoms with Crippen molar-refractivity contribution in [3.05, 3.63) is 59.2 Å². The lowest BCUT2D eigenvalue weighted by Crippen LogP contribution is -2.21. The lowest BCUT2D eigenvalue weighted by atomic mass is 10.1. The van der Waals surface area contributed by atoms with Gasteiger partial charge in [-0.3, -0.25) is 4.79 Å². The van der Waals surface area contributed by atoms with Crippen molar-refractivity contribution in [3.63, 3.8) is 0 Å². The van der Waals surface area contributed by atoms with Crippen molar-refractivity contribution in [1.82, 2.24) is 0 Å². The van der Waals surface area contributed by atoms with E-state index in [0.29, 0.717) is 17.0 Å². The number of hydrazone groups is 1. The van der Waals surface area contributed by atoms with Crippen LogP contribution < -0.4 is 9.75 Å². The number of phenolic OH excluding ortho intramolecular Hbond substituents is 1. The fourth-order valence-electron chi connectivity index (χ4n) is 2.68. The molecule has 1 aliphatic rings. The third-order valence-electron chi connectivity index (χ3n) is 4.17. The zero-order valence-corrected chi connectivity index (χ0v) is 14.5. The van der Waals surface area contributed by atoms with Crippen LogP contribution in [0.5, 0.6) is 11.5 Å². The van der Waals surface area contributed by atoms with E-state index in [2.05, 4.69) is 12.0 Å². The lowest BCUT2D eigenvalue weighted by Gasteiger charge is -2.12. The molecular weight excluding hydrogens is 316 g/mol. The second-order valence-electron chi connectivity index (χ2n) is 5.81. The highest BCUT2D eigenvalue weighted by Gasteiger charge is 2.28. The van der Waals surface area contributed by atoms with Gasteiger partial charge in [-0.05, 0) is 54.8 Å². The number of carbonyl (C=O) groups excluding carboxylic acids is 1. The van der Waals surface area contributed by atoms with Gasteiger partial charge in [-0.15, -0.1) is 0 Å². The highest BCUT2D eigenvalue weighted by molar-refractivity contribution is 6.32. The molecule has 0 unspecified atom stereocenters. The molecule has 0 saturated heterocycles. The van der Waals surface area contributed by atoms with E-state index >= 15 is 0 Å². The van der Waals surface area contributed by atoms with Gasteiger partial charge >= 0.3 is 0 Å². The SMILES string of the molecule is CCc1ccc(N2N=C(C)/C(=C\c3ccc(O)c(OC)c3)C2=O)cc1. The molecule has 1 aliphatic heterocycles. The van der Waals surface area contributed by atoms with Crippen molar-refractivity contribution in [2.24, 2.45) is 5.10 Å². The van der Waals surface area contributed by atoms with E-state index in [-0.39, 0.29) is 11.7 Å². The molecule has 0 saturated carbocycles. The van der Waals surface area contributed by atoms with Crippen LogP contribution in [0.25, 0.3) is 6.08 Å². The summed E-state index contributed by atoms with van der Waals surface area (Å²) >= 11 is 0. The van der Waals surface area contributed by atoms with E-state index in [0.717, 1.165) is 17.7 Å². The van der Waals surface area contributed by atoms with E-state index in [9.17, 15) is 9.90 Å². The summed E-state index contributed by atoms with van der Waals surface area (Å²) in [6, 6.07) is 12.8. The van der Waals surface area contributed by atoms with E-state index in [1.54, 1.807) is 24.3 Å². The second-order valence-corrected chi connectivity index (χ2v) is 5.81. The maximum atomic E-state index is 12.8. The number of methoxy groups -OCH3 is 1. The molecule has 0 spiro atoms. The summed E-state index contributed by atoms with van der Waals surface area (Å²) in [5.74, 6) is 0.251. The third kappa shape index (κ3) is 3.26. The molecule has 128 valence electrons. The Hall–Kier alpha value is -3.08. The van der Waals surface area contributed by atoms with Crippen molar-refractivity contribution in [3.8, 4) is 11.5 Å². The van der Waals surface area contributed by atoms with E-state index < -0.39 is 0 Å². The van der Waals surface area contributed by atoms with Gasteiger partial charge < -0.3 is 9.84 Å². The molecule has 0 bridgehead atoms. The van der Waals surface area contributed by atoms with Crippen molar-refractivity contribution < 1.29 is 14.6 Å². The maximum Gasteiger partial charge on any atom is 0.280 e. The number of rotatable bonds is 4. The number of aryl methyl sites for hydroxylation is 1. The first-order chi connectivity index (χ1) is 12.0. The van der Waals surface area contributed by atoms with Gasteiger partial charge in [0.1, 0.15) is 0 Å². The van der Waals surface area contributed by atoms with Crippen LogP contribution in [0.1, 0.15) is 25.0 Å². The predicted molar refractivity (Wildman–Crippen MR) is 99.1 cm³/mol. The number of aromatic hydroxyl groups is 1. The predicted octanol–water partition coefficient (Wildman–Crippen LogP) is 3.77. The van der Waals surface area contributed by atoms with Crippen LogP contribution in [0.3, 0.4) is 0 Å². The van der Waals surface area contributed by atoms with E-state index in [1.165, 1.54) is 17.7 Å². The molecule has 0 radical (unpaired) electrons. The topological polar surface area (TPSA) is 62.1 Å². The summed E-state index contributed by atoms with van der Waals surface area (Å²) in [5, 5.41) is 15.5. The molecule has 5 heteroatoms. The zero-order valence-electron chi connectivity index (χ0n) is 14.5. The smallest absolute Gasteiger partial charge is 0.280 e. The van der Waals surface area contributed by atoms with E-state index in [4.69, 9.17) is 4.74 Å². The number of ether oxygens (including phenoxy) is 1. The van der Waals surface area contributed by atoms with Crippen LogP contribution in [-0.2, 0) is 11.2 Å². The molecule has 0 aromatic heterocycles. The Morgan fingerprint density at radius 3 is 2.56 bits per heavy atom. The molecule has 1 heterocycles. The monoisotopic (exact) mass is 336 g/mol. The van der Waals surface area contributed by atoms with E-state index in [1.807, 2.05) is 31.2 Å². The van der Waals surface area contributed by atoms with Gasteiger partial charge in [0.2, 0.25) is 0 Å². The van der Waals surface area contributed by atoms with Crippen LogP contribution in [0.4, 0.5) is 5.69 Å². The largest absolute Gasteiger partial charge is 0.504 e. The molecule has 2 aromatic rings. The highest BCUT2D eigenvalue weighted by atomic mass is 16.5. The summed E-state index contributed by atoms with van der Waals surface area (Å²) in [6.07, 6.45) is 2.70. The van der Waals surface area contributed by atoms with Crippen LogP contribution in [0.15, 0.2) is 53.1 Å². The summed E-state index contributed by atoms with van der Waals surface area (Å²) in [6.45, 7) is 3.90. The first-order valence-corrected chi connectivity index (χ1v) is 8.11. The van der Waals surface area contributed by atoms with Crippen molar-refractivity contribution in [1.29, 1.82) is 0 Å². The van der Waals surface area contributed by atoms with Gasteiger partial charge in [0, 0.05) is 0 Å². The Morgan fingerprint density at radius 1 is 1.20 bits per heavy atom. The number of nitrogens with zero attached hydrogens (tertiary/aromatic N) is 2. The number of carbonyl (C=O) groups is 1. The van der Waals surface area contributed by atoms with Gasteiger partial charge in [-0.2, -0.15) is 10.1 Å². The van der Waals surface area contributed by atoms with Gasteiger partial charge in [0.25, 0.3) is 5.91 Å². The Labute approximate surface area is 146 Å². The molecule has 1 amide bonds. The summed E-state index contributed by atoms with van der Waals surface area (Å²) in [4.78, 5) is 12.8. The second kappa shape index (κ2) is 6.81. The standard InChI is InChI=1S/C20H20N2O3/c1-4-14-5-8-16(9-6-14)22-20(24)17(13(2)21-22)11-15-7-10-18(23)19(12-15)25-3/h5-12,23H,4H2,1-3H3/b17-11+. The van der Waals surface area contributed by atoms with Gasteiger partial charge in [0.05, 0.1) is 24.1 Å². The Morgan fingerprint density at radius 2 is 1.92 bits per heavy atom. The van der Waals surface area contributed by atoms with Gasteiger partial charge in [-0.25, -0.2) is 0 Å². The summed E-state index contributed by atoms with van der Waals surface area (Å²) in [5.41, 5.74) is 3.89. The summed E-state index contributed by atoms with van der Waals surface area (Å²) < 4.78 is 5.11. The highest BCUT2D eigenvalue weighted by Crippen LogP contribution is 2.29. The number of amides is 1. The Balaban J connectivity index is 1.91. The van der Waals surface area contributed by atoms with Gasteiger partial charge in [-0.1, -0.05) is 25.1 Å². The molecule has 3 rings (SSSR count). The van der Waals surface area contributed by atoms with Crippen LogP contribution in [0, 0.1) is 0 Å². The number of anilines is 1. The molecule has 0 fully saturated rings. The Kier molecular flexibility index (Phi) is 4.57. The number of phenols is 1. The van der Waals surface area contributed by atoms with Gasteiger partial charge in [0.15, 0.2) is 11.5 Å². The quantitative estimate of drug-likeness (QED) is 0.865. The molecule has 5 nitrogen and oxygen atoms in total. The third-order valence-corrected chi connectivity index (χ3v) is 4.17. The molecule has 2 aromatic carbocycles.